The predicted molar refractivity (Wildman–Crippen MR) is 60.3 cm³/mol. The maximum atomic E-state index is 9.54. The molecule has 17 heavy (non-hydrogen) atoms. The van der Waals surface area contributed by atoms with Gasteiger partial charge in [-0.15, -0.1) is 0 Å². The van der Waals surface area contributed by atoms with E-state index in [-0.39, 0.29) is 6.61 Å². The van der Waals surface area contributed by atoms with Crippen LogP contribution in [0.3, 0.4) is 0 Å². The summed E-state index contributed by atoms with van der Waals surface area (Å²) in [5.74, 6) is 1.36. The predicted octanol–water partition coefficient (Wildman–Crippen LogP) is 0.500. The molecule has 1 heterocycles. The lowest BCUT2D eigenvalue weighted by atomic mass is 10.1. The van der Waals surface area contributed by atoms with Crippen LogP contribution in [0.2, 0.25) is 0 Å². The summed E-state index contributed by atoms with van der Waals surface area (Å²) < 4.78 is 15.8. The fraction of sp³-hybridized carbons (Fsp3) is 0.500. The van der Waals surface area contributed by atoms with Crippen molar-refractivity contribution in [3.05, 3.63) is 23.8 Å². The van der Waals surface area contributed by atoms with E-state index in [1.807, 2.05) is 0 Å². The van der Waals surface area contributed by atoms with Crippen LogP contribution < -0.4 is 9.47 Å². The smallest absolute Gasteiger partial charge is 0.129 e. The van der Waals surface area contributed by atoms with Crippen molar-refractivity contribution in [2.45, 2.75) is 6.10 Å². The van der Waals surface area contributed by atoms with Gasteiger partial charge in [0.25, 0.3) is 0 Å². The minimum atomic E-state index is -0.535. The minimum absolute atomic E-state index is 0.0184. The maximum Gasteiger partial charge on any atom is 0.129 e. The summed E-state index contributed by atoms with van der Waals surface area (Å²) in [6, 6.07) is 5.36. The molecule has 0 radical (unpaired) electrons. The Balaban J connectivity index is 1.82. The van der Waals surface area contributed by atoms with E-state index >= 15 is 0 Å². The number of ether oxygens (including phenoxy) is 3. The van der Waals surface area contributed by atoms with Gasteiger partial charge >= 0.3 is 0 Å². The topological polar surface area (TPSA) is 68.2 Å². The molecule has 2 N–H and O–H groups in total. The lowest BCUT2D eigenvalue weighted by molar-refractivity contribution is 0.0705. The fourth-order valence-electron chi connectivity index (χ4n) is 1.65. The van der Waals surface area contributed by atoms with Gasteiger partial charge < -0.3 is 24.4 Å². The van der Waals surface area contributed by atoms with Crippen LogP contribution in [0.1, 0.15) is 11.7 Å². The van der Waals surface area contributed by atoms with Crippen LogP contribution in [0.5, 0.6) is 11.5 Å². The van der Waals surface area contributed by atoms with Crippen molar-refractivity contribution in [2.75, 3.05) is 33.0 Å². The van der Waals surface area contributed by atoms with Crippen LogP contribution in [0, 0.1) is 0 Å². The molecule has 0 aliphatic carbocycles. The van der Waals surface area contributed by atoms with E-state index in [0.717, 1.165) is 5.56 Å². The Labute approximate surface area is 99.5 Å². The molecular formula is C12H16O5. The van der Waals surface area contributed by atoms with Crippen LogP contribution in [0.15, 0.2) is 18.2 Å². The van der Waals surface area contributed by atoms with Crippen molar-refractivity contribution in [1.82, 2.24) is 0 Å². The van der Waals surface area contributed by atoms with Crippen LogP contribution >= 0.6 is 0 Å². The first-order chi connectivity index (χ1) is 8.31. The van der Waals surface area contributed by atoms with Crippen molar-refractivity contribution in [2.24, 2.45) is 0 Å². The number of benzene rings is 1. The highest BCUT2D eigenvalue weighted by atomic mass is 16.5. The Morgan fingerprint density at radius 2 is 2.18 bits per heavy atom. The van der Waals surface area contributed by atoms with Gasteiger partial charge in [0.15, 0.2) is 0 Å². The number of aliphatic hydroxyl groups is 2. The van der Waals surface area contributed by atoms with Gasteiger partial charge in [-0.3, -0.25) is 0 Å². The molecule has 2 rings (SSSR count). The molecule has 5 nitrogen and oxygen atoms in total. The third kappa shape index (κ3) is 3.09. The summed E-state index contributed by atoms with van der Waals surface area (Å²) in [4.78, 5) is 0. The molecule has 5 heteroatoms. The van der Waals surface area contributed by atoms with Gasteiger partial charge in [0.05, 0.1) is 19.8 Å². The van der Waals surface area contributed by atoms with Gasteiger partial charge in [0.1, 0.15) is 30.8 Å². The molecule has 0 spiro atoms. The van der Waals surface area contributed by atoms with Crippen molar-refractivity contribution in [3.8, 4) is 11.5 Å². The Kier molecular flexibility index (Phi) is 4.19. The minimum Gasteiger partial charge on any atom is -0.491 e. The van der Waals surface area contributed by atoms with Crippen LogP contribution in [-0.4, -0.2) is 43.2 Å². The molecule has 1 aliphatic rings. The molecule has 1 aliphatic heterocycles. The average Bonchev–Trinajstić information content (AvgIpc) is 2.71. The Morgan fingerprint density at radius 3 is 3.00 bits per heavy atom. The zero-order valence-electron chi connectivity index (χ0n) is 9.46. The van der Waals surface area contributed by atoms with E-state index in [9.17, 15) is 5.11 Å². The Hall–Kier alpha value is -1.30. The Morgan fingerprint density at radius 1 is 1.29 bits per heavy atom. The molecule has 0 aromatic heterocycles. The van der Waals surface area contributed by atoms with Crippen molar-refractivity contribution >= 4 is 0 Å². The lowest BCUT2D eigenvalue weighted by Gasteiger charge is -2.08. The SMILES string of the molecule is OCCOCCOc1ccc2c(c1)OCC2O. The second-order valence-electron chi connectivity index (χ2n) is 3.71. The summed E-state index contributed by atoms with van der Waals surface area (Å²) in [6.07, 6.45) is -0.535. The van der Waals surface area contributed by atoms with E-state index in [2.05, 4.69) is 0 Å². The molecule has 0 fully saturated rings. The summed E-state index contributed by atoms with van der Waals surface area (Å²) in [7, 11) is 0. The second kappa shape index (κ2) is 5.86. The molecule has 0 bridgehead atoms. The Bertz CT molecular complexity index is 366. The number of rotatable bonds is 6. The number of fused-ring (bicyclic) bond motifs is 1. The first kappa shape index (κ1) is 12.2. The van der Waals surface area contributed by atoms with Crippen LogP contribution in [-0.2, 0) is 4.74 Å². The van der Waals surface area contributed by atoms with Gasteiger partial charge in [-0.2, -0.15) is 0 Å². The quantitative estimate of drug-likeness (QED) is 0.709. The van der Waals surface area contributed by atoms with Crippen molar-refractivity contribution < 1.29 is 24.4 Å². The molecule has 94 valence electrons. The van der Waals surface area contributed by atoms with Crippen LogP contribution in [0.25, 0.3) is 0 Å². The molecule has 1 aromatic carbocycles. The monoisotopic (exact) mass is 240 g/mol. The fourth-order valence-corrected chi connectivity index (χ4v) is 1.65. The summed E-state index contributed by atoms with van der Waals surface area (Å²) >= 11 is 0. The normalized spacial score (nSPS) is 17.6. The van der Waals surface area contributed by atoms with E-state index in [1.165, 1.54) is 0 Å². The maximum absolute atomic E-state index is 9.54. The first-order valence-electron chi connectivity index (χ1n) is 5.57. The highest BCUT2D eigenvalue weighted by Gasteiger charge is 2.21. The number of aliphatic hydroxyl groups excluding tert-OH is 2. The molecular weight excluding hydrogens is 224 g/mol. The summed E-state index contributed by atoms with van der Waals surface area (Å²) in [5.41, 5.74) is 0.800. The van der Waals surface area contributed by atoms with Gasteiger partial charge in [0.2, 0.25) is 0 Å². The molecule has 1 aromatic rings. The number of hydrogen-bond acceptors (Lipinski definition) is 5. The summed E-state index contributed by atoms with van der Waals surface area (Å²) in [5, 5.41) is 18.0. The summed E-state index contributed by atoms with van der Waals surface area (Å²) in [6.45, 7) is 1.49. The molecule has 0 saturated heterocycles. The van der Waals surface area contributed by atoms with Crippen molar-refractivity contribution in [3.63, 3.8) is 0 Å². The molecule has 0 saturated carbocycles. The van der Waals surface area contributed by atoms with Crippen LogP contribution in [0.4, 0.5) is 0 Å². The first-order valence-corrected chi connectivity index (χ1v) is 5.57. The molecule has 1 atom stereocenters. The van der Waals surface area contributed by atoms with E-state index in [0.29, 0.717) is 37.9 Å². The highest BCUT2D eigenvalue weighted by Crippen LogP contribution is 2.34. The zero-order chi connectivity index (χ0) is 12.1. The molecule has 0 amide bonds. The zero-order valence-corrected chi connectivity index (χ0v) is 9.46. The molecule has 1 unspecified atom stereocenters. The van der Waals surface area contributed by atoms with E-state index in [1.54, 1.807) is 18.2 Å². The van der Waals surface area contributed by atoms with Gasteiger partial charge in [-0.1, -0.05) is 0 Å². The lowest BCUT2D eigenvalue weighted by Crippen LogP contribution is -2.09. The highest BCUT2D eigenvalue weighted by molar-refractivity contribution is 5.44. The van der Waals surface area contributed by atoms with E-state index in [4.69, 9.17) is 19.3 Å². The third-order valence-corrected chi connectivity index (χ3v) is 2.47. The average molecular weight is 240 g/mol. The van der Waals surface area contributed by atoms with Gasteiger partial charge in [-0.25, -0.2) is 0 Å². The number of hydrogen-bond donors (Lipinski definition) is 2. The largest absolute Gasteiger partial charge is 0.491 e. The standard InChI is InChI=1S/C12H16O5/c13-3-4-15-5-6-16-9-1-2-10-11(14)8-17-12(10)7-9/h1-2,7,11,13-14H,3-6,8H2. The van der Waals surface area contributed by atoms with E-state index < -0.39 is 6.10 Å². The van der Waals surface area contributed by atoms with Gasteiger partial charge in [0, 0.05) is 11.6 Å². The second-order valence-corrected chi connectivity index (χ2v) is 3.71. The van der Waals surface area contributed by atoms with Crippen molar-refractivity contribution in [1.29, 1.82) is 0 Å². The third-order valence-electron chi connectivity index (χ3n) is 2.47. The van der Waals surface area contributed by atoms with Gasteiger partial charge in [-0.05, 0) is 12.1 Å².